The Kier molecular flexibility index (Phi) is 3.87. The molecule has 0 bridgehead atoms. The molecule has 0 unspecified atom stereocenters. The maximum absolute atomic E-state index is 10.5. The third-order valence-electron chi connectivity index (χ3n) is 1.50. The fourth-order valence-corrected chi connectivity index (χ4v) is 1.10. The lowest BCUT2D eigenvalue weighted by atomic mass is 10.4. The fourth-order valence-electron chi connectivity index (χ4n) is 0.847. The summed E-state index contributed by atoms with van der Waals surface area (Å²) in [6.45, 7) is -0.457. The summed E-state index contributed by atoms with van der Waals surface area (Å²) in [6, 6.07) is 0. The number of morpholine rings is 1. The third-order valence-corrected chi connectivity index (χ3v) is 2.17. The average molecular weight is 211 g/mol. The van der Waals surface area contributed by atoms with Gasteiger partial charge in [-0.1, -0.05) is 0 Å². The highest BCUT2D eigenvalue weighted by Crippen LogP contribution is 2.37. The highest BCUT2D eigenvalue weighted by Gasteiger charge is 2.38. The molecule has 1 saturated heterocycles. The van der Waals surface area contributed by atoms with Gasteiger partial charge in [0, 0.05) is 13.1 Å². The molecular weight excluding hydrogens is 200 g/mol. The minimum atomic E-state index is -4.57. The Hall–Kier alpha value is 0.0549. The monoisotopic (exact) mass is 211 g/mol. The van der Waals surface area contributed by atoms with Crippen molar-refractivity contribution in [1.82, 2.24) is 5.06 Å². The highest BCUT2D eigenvalue weighted by molar-refractivity contribution is 7.84. The van der Waals surface area contributed by atoms with E-state index in [1.54, 1.807) is 0 Å². The first-order valence-corrected chi connectivity index (χ1v) is 5.41. The van der Waals surface area contributed by atoms with Crippen LogP contribution in [0.3, 0.4) is 0 Å². The van der Waals surface area contributed by atoms with Crippen molar-refractivity contribution in [1.29, 1.82) is 0 Å². The zero-order valence-electron chi connectivity index (χ0n) is 6.87. The van der Waals surface area contributed by atoms with Crippen LogP contribution in [0, 0.1) is 0 Å². The Labute approximate surface area is 75.5 Å². The van der Waals surface area contributed by atoms with E-state index in [1.807, 2.05) is 0 Å². The van der Waals surface area contributed by atoms with Gasteiger partial charge < -0.3 is 24.3 Å². The summed E-state index contributed by atoms with van der Waals surface area (Å²) in [5.74, 6) is 0. The zero-order valence-corrected chi connectivity index (χ0v) is 7.76. The van der Waals surface area contributed by atoms with Gasteiger partial charge in [0.1, 0.15) is 0 Å². The molecule has 0 radical (unpaired) electrons. The van der Waals surface area contributed by atoms with E-state index in [4.69, 9.17) is 19.5 Å². The molecule has 1 heterocycles. The summed E-state index contributed by atoms with van der Waals surface area (Å²) in [5, 5.41) is 10.1. The van der Waals surface area contributed by atoms with Crippen LogP contribution in [-0.2, 0) is 14.1 Å². The minimum Gasteiger partial charge on any atom is -0.417 e. The lowest BCUT2D eigenvalue weighted by Gasteiger charge is -2.27. The number of hydrogen-bond acceptors (Lipinski definition) is 5. The van der Waals surface area contributed by atoms with E-state index in [2.05, 4.69) is 4.76 Å². The standard InChI is InChI=1S/C4H11BNO6P/c7-5(13(8,9)10)12-6-1-3-11-4-2-6/h7H,1-4H2,(H2,8,9,10). The normalized spacial score (nSPS) is 20.2. The smallest absolute Gasteiger partial charge is 0.417 e. The third kappa shape index (κ3) is 3.74. The molecule has 0 aromatic carbocycles. The van der Waals surface area contributed by atoms with Crippen molar-refractivity contribution in [2.24, 2.45) is 0 Å². The Morgan fingerprint density at radius 2 is 1.92 bits per heavy atom. The molecule has 0 aromatic rings. The number of nitrogens with zero attached hydrogens (tertiary/aromatic N) is 1. The maximum atomic E-state index is 10.5. The summed E-state index contributed by atoms with van der Waals surface area (Å²) >= 11 is 0. The van der Waals surface area contributed by atoms with Crippen LogP contribution < -0.4 is 0 Å². The molecule has 13 heavy (non-hydrogen) atoms. The predicted molar refractivity (Wildman–Crippen MR) is 43.5 cm³/mol. The molecule has 1 aliphatic heterocycles. The van der Waals surface area contributed by atoms with Gasteiger partial charge in [-0.2, -0.15) is 5.06 Å². The molecule has 1 aliphatic rings. The molecule has 1 rings (SSSR count). The zero-order chi connectivity index (χ0) is 9.90. The number of hydroxylamine groups is 2. The van der Waals surface area contributed by atoms with E-state index in [1.165, 1.54) is 5.06 Å². The molecule has 1 fully saturated rings. The molecule has 3 N–H and O–H groups in total. The lowest BCUT2D eigenvalue weighted by Crippen LogP contribution is -2.40. The van der Waals surface area contributed by atoms with Gasteiger partial charge in [-0.05, 0) is 0 Å². The molecule has 0 amide bonds. The lowest BCUT2D eigenvalue weighted by molar-refractivity contribution is -0.128. The van der Waals surface area contributed by atoms with E-state index >= 15 is 0 Å². The first-order valence-electron chi connectivity index (χ1n) is 3.73. The largest absolute Gasteiger partial charge is 0.606 e. The first-order chi connectivity index (χ1) is 6.00. The first kappa shape index (κ1) is 11.1. The van der Waals surface area contributed by atoms with E-state index < -0.39 is 14.3 Å². The van der Waals surface area contributed by atoms with Crippen LogP contribution in [0.1, 0.15) is 0 Å². The number of ether oxygens (including phenoxy) is 1. The molecule has 0 aliphatic carbocycles. The summed E-state index contributed by atoms with van der Waals surface area (Å²) in [5.41, 5.74) is 0. The van der Waals surface area contributed by atoms with Gasteiger partial charge in [0.05, 0.1) is 13.2 Å². The fraction of sp³-hybridized carbons (Fsp3) is 1.00. The average Bonchev–Trinajstić information content (AvgIpc) is 2.04. The summed E-state index contributed by atoms with van der Waals surface area (Å²) in [6.07, 6.45) is 0. The molecule has 76 valence electrons. The van der Waals surface area contributed by atoms with Gasteiger partial charge in [-0.15, -0.1) is 0 Å². The van der Waals surface area contributed by atoms with E-state index in [0.717, 1.165) is 0 Å². The van der Waals surface area contributed by atoms with E-state index in [9.17, 15) is 4.57 Å². The van der Waals surface area contributed by atoms with E-state index in [-0.39, 0.29) is 0 Å². The van der Waals surface area contributed by atoms with Crippen LogP contribution in [-0.4, -0.2) is 53.0 Å². The summed E-state index contributed by atoms with van der Waals surface area (Å²) < 4.78 is 20.0. The Morgan fingerprint density at radius 3 is 2.38 bits per heavy atom. The van der Waals surface area contributed by atoms with Crippen LogP contribution in [0.25, 0.3) is 0 Å². The number of rotatable bonds is 3. The Morgan fingerprint density at radius 1 is 1.38 bits per heavy atom. The second-order valence-corrected chi connectivity index (χ2v) is 4.18. The van der Waals surface area contributed by atoms with Crippen molar-refractivity contribution in [2.45, 2.75) is 0 Å². The van der Waals surface area contributed by atoms with Crippen LogP contribution >= 0.6 is 7.47 Å². The van der Waals surface area contributed by atoms with Crippen molar-refractivity contribution in [3.63, 3.8) is 0 Å². The molecule has 0 aromatic heterocycles. The van der Waals surface area contributed by atoms with Crippen LogP contribution in [0.15, 0.2) is 0 Å². The SMILES string of the molecule is O=P(O)(O)B(O)ON1CCOCC1. The van der Waals surface area contributed by atoms with Gasteiger partial charge in [0.25, 0.3) is 0 Å². The Balaban J connectivity index is 2.34. The van der Waals surface area contributed by atoms with Gasteiger partial charge in [0.2, 0.25) is 0 Å². The van der Waals surface area contributed by atoms with Gasteiger partial charge in [-0.3, -0.25) is 4.57 Å². The molecular formula is C4H11BNO6P. The quantitative estimate of drug-likeness (QED) is 0.382. The predicted octanol–water partition coefficient (Wildman–Crippen LogP) is -1.59. The summed E-state index contributed by atoms with van der Waals surface area (Å²) in [7, 11) is -4.57. The summed E-state index contributed by atoms with van der Waals surface area (Å²) in [4.78, 5) is 17.0. The van der Waals surface area contributed by atoms with Crippen molar-refractivity contribution in [3.8, 4) is 0 Å². The van der Waals surface area contributed by atoms with Crippen molar-refractivity contribution < 1.29 is 28.9 Å². The van der Waals surface area contributed by atoms with Crippen LogP contribution in [0.4, 0.5) is 0 Å². The van der Waals surface area contributed by atoms with Crippen LogP contribution in [0.5, 0.6) is 0 Å². The molecule has 7 nitrogen and oxygen atoms in total. The Bertz CT molecular complexity index is 203. The molecule has 0 atom stereocenters. The van der Waals surface area contributed by atoms with Crippen molar-refractivity contribution >= 4 is 14.3 Å². The minimum absolute atomic E-state index is 0.386. The van der Waals surface area contributed by atoms with Crippen LogP contribution in [0.2, 0.25) is 0 Å². The van der Waals surface area contributed by atoms with Crippen molar-refractivity contribution in [2.75, 3.05) is 26.3 Å². The van der Waals surface area contributed by atoms with Gasteiger partial charge in [0.15, 0.2) is 0 Å². The molecule has 0 saturated carbocycles. The molecule has 9 heteroatoms. The number of hydrogen-bond donors (Lipinski definition) is 3. The van der Waals surface area contributed by atoms with Crippen molar-refractivity contribution in [3.05, 3.63) is 0 Å². The van der Waals surface area contributed by atoms with Gasteiger partial charge in [-0.25, -0.2) is 0 Å². The highest BCUT2D eigenvalue weighted by atomic mass is 31.2. The second-order valence-electron chi connectivity index (χ2n) is 2.56. The molecule has 0 spiro atoms. The second kappa shape index (κ2) is 4.52. The topological polar surface area (TPSA) is 99.5 Å². The van der Waals surface area contributed by atoms with E-state index in [0.29, 0.717) is 26.3 Å². The maximum Gasteiger partial charge on any atom is 0.606 e. The van der Waals surface area contributed by atoms with Gasteiger partial charge >= 0.3 is 14.3 Å².